The number of β-lactam (4-membered cyclic amide) rings is 1. The Morgan fingerprint density at radius 2 is 2.08 bits per heavy atom. The van der Waals surface area contributed by atoms with E-state index in [1.54, 1.807) is 0 Å². The van der Waals surface area contributed by atoms with Gasteiger partial charge in [0.2, 0.25) is 5.91 Å². The van der Waals surface area contributed by atoms with Gasteiger partial charge in [0.25, 0.3) is 0 Å². The van der Waals surface area contributed by atoms with Crippen LogP contribution in [0, 0.1) is 13.8 Å². The third kappa shape index (κ3) is 1.32. The average Bonchev–Trinajstić information content (AvgIpc) is 2.05. The van der Waals surface area contributed by atoms with Crippen LogP contribution in [-0.4, -0.2) is 5.91 Å². The van der Waals surface area contributed by atoms with Crippen molar-refractivity contribution in [2.75, 3.05) is 0 Å². The van der Waals surface area contributed by atoms with E-state index in [4.69, 9.17) is 0 Å². The molecule has 1 saturated heterocycles. The molecule has 2 heteroatoms. The van der Waals surface area contributed by atoms with Gasteiger partial charge in [0, 0.05) is 0 Å². The van der Waals surface area contributed by atoms with E-state index < -0.39 is 0 Å². The van der Waals surface area contributed by atoms with Crippen molar-refractivity contribution in [3.05, 3.63) is 34.9 Å². The van der Waals surface area contributed by atoms with Crippen LogP contribution in [0.4, 0.5) is 0 Å². The molecule has 1 N–H and O–H groups in total. The van der Waals surface area contributed by atoms with Crippen molar-refractivity contribution < 1.29 is 4.79 Å². The molecule has 1 unspecified atom stereocenters. The molecule has 0 bridgehead atoms. The number of benzene rings is 1. The van der Waals surface area contributed by atoms with Gasteiger partial charge in [-0.15, -0.1) is 0 Å². The minimum Gasteiger partial charge on any atom is -0.349 e. The molecule has 1 aliphatic rings. The first-order chi connectivity index (χ1) is 6.18. The summed E-state index contributed by atoms with van der Waals surface area (Å²) in [5.74, 6) is 0.158. The van der Waals surface area contributed by atoms with Crippen LogP contribution in [0.3, 0.4) is 0 Å². The lowest BCUT2D eigenvalue weighted by Gasteiger charge is -2.29. The molecule has 0 saturated carbocycles. The lowest BCUT2D eigenvalue weighted by molar-refractivity contribution is -0.128. The fourth-order valence-corrected chi connectivity index (χ4v) is 1.70. The minimum atomic E-state index is 0.158. The van der Waals surface area contributed by atoms with Crippen molar-refractivity contribution >= 4 is 5.91 Å². The van der Waals surface area contributed by atoms with Crippen LogP contribution >= 0.6 is 0 Å². The molecule has 1 atom stereocenters. The maximum Gasteiger partial charge on any atom is 0.222 e. The summed E-state index contributed by atoms with van der Waals surface area (Å²) in [7, 11) is 0. The second-order valence-electron chi connectivity index (χ2n) is 3.61. The van der Waals surface area contributed by atoms with E-state index in [-0.39, 0.29) is 11.9 Å². The molecule has 0 aliphatic carbocycles. The normalized spacial score (nSPS) is 20.8. The largest absolute Gasteiger partial charge is 0.349 e. The first kappa shape index (κ1) is 8.30. The van der Waals surface area contributed by atoms with Crippen molar-refractivity contribution in [1.82, 2.24) is 5.32 Å². The van der Waals surface area contributed by atoms with Gasteiger partial charge in [-0.1, -0.05) is 18.2 Å². The molecule has 1 amide bonds. The van der Waals surface area contributed by atoms with Gasteiger partial charge in [0.1, 0.15) is 0 Å². The van der Waals surface area contributed by atoms with Crippen molar-refractivity contribution in [3.8, 4) is 0 Å². The zero-order valence-corrected chi connectivity index (χ0v) is 7.92. The molecule has 68 valence electrons. The summed E-state index contributed by atoms with van der Waals surface area (Å²) in [5, 5.41) is 2.89. The molecule has 1 heterocycles. The smallest absolute Gasteiger partial charge is 0.222 e. The van der Waals surface area contributed by atoms with E-state index >= 15 is 0 Å². The number of nitrogens with one attached hydrogen (secondary N) is 1. The van der Waals surface area contributed by atoms with Crippen LogP contribution in [0.25, 0.3) is 0 Å². The van der Waals surface area contributed by atoms with Crippen molar-refractivity contribution in [2.45, 2.75) is 26.3 Å². The number of carbonyl (C=O) groups excluding carboxylic acids is 1. The van der Waals surface area contributed by atoms with Crippen molar-refractivity contribution in [1.29, 1.82) is 0 Å². The SMILES string of the molecule is Cc1cccc(C2CC(=O)N2)c1C. The molecule has 0 spiro atoms. The number of aryl methyl sites for hydroxylation is 1. The highest BCUT2D eigenvalue weighted by molar-refractivity contribution is 5.83. The predicted molar refractivity (Wildman–Crippen MR) is 51.4 cm³/mol. The Labute approximate surface area is 78.0 Å². The highest BCUT2D eigenvalue weighted by Crippen LogP contribution is 2.27. The maximum atomic E-state index is 10.8. The fraction of sp³-hybridized carbons (Fsp3) is 0.364. The quantitative estimate of drug-likeness (QED) is 0.648. The van der Waals surface area contributed by atoms with Gasteiger partial charge >= 0.3 is 0 Å². The number of hydrogen-bond acceptors (Lipinski definition) is 1. The van der Waals surface area contributed by atoms with Crippen LogP contribution in [0.1, 0.15) is 29.2 Å². The Balaban J connectivity index is 2.30. The molecule has 0 aromatic heterocycles. The predicted octanol–water partition coefficient (Wildman–Crippen LogP) is 1.86. The second-order valence-corrected chi connectivity index (χ2v) is 3.61. The summed E-state index contributed by atoms with van der Waals surface area (Å²) in [6.07, 6.45) is 0.643. The van der Waals surface area contributed by atoms with Gasteiger partial charge in [0.15, 0.2) is 0 Å². The van der Waals surface area contributed by atoms with Gasteiger partial charge in [-0.25, -0.2) is 0 Å². The first-order valence-corrected chi connectivity index (χ1v) is 4.54. The standard InChI is InChI=1S/C11H13NO/c1-7-4-3-5-9(8(7)2)10-6-11(13)12-10/h3-5,10H,6H2,1-2H3,(H,12,13). The average molecular weight is 175 g/mol. The summed E-state index contributed by atoms with van der Waals surface area (Å²) in [4.78, 5) is 10.8. The van der Waals surface area contributed by atoms with E-state index in [9.17, 15) is 4.79 Å². The molecule has 1 aromatic carbocycles. The van der Waals surface area contributed by atoms with Crippen LogP contribution in [0.5, 0.6) is 0 Å². The topological polar surface area (TPSA) is 29.1 Å². The summed E-state index contributed by atoms with van der Waals surface area (Å²) >= 11 is 0. The van der Waals surface area contributed by atoms with Gasteiger partial charge in [0.05, 0.1) is 12.5 Å². The molecule has 13 heavy (non-hydrogen) atoms. The van der Waals surface area contributed by atoms with E-state index in [1.807, 2.05) is 6.07 Å². The molecule has 0 radical (unpaired) electrons. The fourth-order valence-electron chi connectivity index (χ4n) is 1.70. The Bertz CT molecular complexity index is 349. The van der Waals surface area contributed by atoms with E-state index in [1.165, 1.54) is 16.7 Å². The molecular formula is C11H13NO. The molecule has 1 aliphatic heterocycles. The Hall–Kier alpha value is -1.31. The second kappa shape index (κ2) is 2.87. The highest BCUT2D eigenvalue weighted by Gasteiger charge is 2.27. The number of rotatable bonds is 1. The molecular weight excluding hydrogens is 162 g/mol. The molecule has 2 rings (SSSR count). The summed E-state index contributed by atoms with van der Waals surface area (Å²) in [6.45, 7) is 4.20. The molecule has 1 aromatic rings. The van der Waals surface area contributed by atoms with E-state index in [0.29, 0.717) is 6.42 Å². The highest BCUT2D eigenvalue weighted by atomic mass is 16.2. The first-order valence-electron chi connectivity index (χ1n) is 4.54. The van der Waals surface area contributed by atoms with Gasteiger partial charge in [-0.3, -0.25) is 4.79 Å². The maximum absolute atomic E-state index is 10.8. The van der Waals surface area contributed by atoms with Crippen LogP contribution in [0.2, 0.25) is 0 Å². The van der Waals surface area contributed by atoms with Crippen LogP contribution < -0.4 is 5.32 Å². The zero-order chi connectivity index (χ0) is 9.42. The van der Waals surface area contributed by atoms with Gasteiger partial charge in [-0.2, -0.15) is 0 Å². The third-order valence-electron chi connectivity index (χ3n) is 2.75. The summed E-state index contributed by atoms with van der Waals surface area (Å²) in [5.41, 5.74) is 3.85. The van der Waals surface area contributed by atoms with E-state index in [0.717, 1.165) is 0 Å². The van der Waals surface area contributed by atoms with E-state index in [2.05, 4.69) is 31.3 Å². The minimum absolute atomic E-state index is 0.158. The van der Waals surface area contributed by atoms with Crippen molar-refractivity contribution in [3.63, 3.8) is 0 Å². The van der Waals surface area contributed by atoms with Gasteiger partial charge < -0.3 is 5.32 Å². The summed E-state index contributed by atoms with van der Waals surface area (Å²) < 4.78 is 0. The van der Waals surface area contributed by atoms with Crippen molar-refractivity contribution in [2.24, 2.45) is 0 Å². The Morgan fingerprint density at radius 1 is 1.38 bits per heavy atom. The Morgan fingerprint density at radius 3 is 2.69 bits per heavy atom. The summed E-state index contributed by atoms with van der Waals surface area (Å²) in [6, 6.07) is 6.49. The lowest BCUT2D eigenvalue weighted by atomic mass is 9.91. The van der Waals surface area contributed by atoms with Gasteiger partial charge in [-0.05, 0) is 30.5 Å². The third-order valence-corrected chi connectivity index (χ3v) is 2.75. The number of amides is 1. The zero-order valence-electron chi connectivity index (χ0n) is 7.92. The Kier molecular flexibility index (Phi) is 1.83. The number of hydrogen-bond donors (Lipinski definition) is 1. The van der Waals surface area contributed by atoms with Crippen LogP contribution in [-0.2, 0) is 4.79 Å². The molecule has 1 fully saturated rings. The number of carbonyl (C=O) groups is 1. The monoisotopic (exact) mass is 175 g/mol. The lowest BCUT2D eigenvalue weighted by Crippen LogP contribution is -2.41. The van der Waals surface area contributed by atoms with Crippen LogP contribution in [0.15, 0.2) is 18.2 Å². The molecule has 2 nitrogen and oxygen atoms in total.